The van der Waals surface area contributed by atoms with E-state index in [1.165, 1.54) is 11.8 Å². The van der Waals surface area contributed by atoms with Gasteiger partial charge < -0.3 is 10.4 Å². The number of carbonyl (C=O) groups excluding carboxylic acids is 1. The Morgan fingerprint density at radius 3 is 2.66 bits per heavy atom. The highest BCUT2D eigenvalue weighted by Gasteiger charge is 2.29. The fourth-order valence-corrected chi connectivity index (χ4v) is 3.71. The van der Waals surface area contributed by atoms with Crippen molar-refractivity contribution in [3.05, 3.63) is 47.3 Å². The minimum Gasteiger partial charge on any atom is -0.392 e. The Hall–Kier alpha value is -2.58. The number of Topliss-reactive ketones (excluding diaryl/α,β-unsaturated/α-hetero) is 1. The lowest BCUT2D eigenvalue weighted by molar-refractivity contribution is -0.119. The summed E-state index contributed by atoms with van der Waals surface area (Å²) in [6.45, 7) is 2.48. The summed E-state index contributed by atoms with van der Waals surface area (Å²) in [6.07, 6.45) is 5.11. The summed E-state index contributed by atoms with van der Waals surface area (Å²) in [7, 11) is 0. The van der Waals surface area contributed by atoms with Gasteiger partial charge in [-0.2, -0.15) is 9.97 Å². The third kappa shape index (κ3) is 5.27. The van der Waals surface area contributed by atoms with E-state index >= 15 is 0 Å². The average Bonchev–Trinajstić information content (AvgIpc) is 3.49. The van der Waals surface area contributed by atoms with Gasteiger partial charge in [0.2, 0.25) is 5.95 Å². The van der Waals surface area contributed by atoms with Gasteiger partial charge in [-0.1, -0.05) is 19.1 Å². The summed E-state index contributed by atoms with van der Waals surface area (Å²) < 4.78 is 0. The van der Waals surface area contributed by atoms with Crippen molar-refractivity contribution in [2.75, 3.05) is 18.5 Å². The molecule has 0 atom stereocenters. The van der Waals surface area contributed by atoms with E-state index in [1.54, 1.807) is 0 Å². The normalized spacial score (nSPS) is 15.8. The molecule has 4 rings (SSSR count). The van der Waals surface area contributed by atoms with E-state index in [0.29, 0.717) is 53.9 Å². The van der Waals surface area contributed by atoms with Crippen molar-refractivity contribution in [1.82, 2.24) is 15.0 Å². The van der Waals surface area contributed by atoms with Gasteiger partial charge in [0, 0.05) is 23.7 Å². The third-order valence-electron chi connectivity index (χ3n) is 4.76. The summed E-state index contributed by atoms with van der Waals surface area (Å²) in [5, 5.41) is 12.9. The lowest BCUT2D eigenvalue weighted by Crippen LogP contribution is -2.12. The molecule has 29 heavy (non-hydrogen) atoms. The zero-order valence-corrected chi connectivity index (χ0v) is 17.1. The number of anilines is 1. The Kier molecular flexibility index (Phi) is 6.01. The monoisotopic (exact) mass is 409 g/mol. The summed E-state index contributed by atoms with van der Waals surface area (Å²) in [6, 6.07) is 8.00. The maximum Gasteiger partial charge on any atom is 0.232 e. The molecule has 7 nitrogen and oxygen atoms in total. The fraction of sp³-hybridized carbons (Fsp3) is 0.381. The van der Waals surface area contributed by atoms with Gasteiger partial charge >= 0.3 is 0 Å². The molecule has 1 aromatic heterocycles. The lowest BCUT2D eigenvalue weighted by atomic mass is 10.1. The number of rotatable bonds is 8. The molecule has 1 saturated carbocycles. The first-order chi connectivity index (χ1) is 14.1. The van der Waals surface area contributed by atoms with Crippen LogP contribution in [0.3, 0.4) is 0 Å². The van der Waals surface area contributed by atoms with Gasteiger partial charge in [-0.25, -0.2) is 4.98 Å². The van der Waals surface area contributed by atoms with Crippen LogP contribution in [-0.2, 0) is 17.6 Å². The van der Waals surface area contributed by atoms with Gasteiger partial charge in [0.25, 0.3) is 0 Å². The first kappa shape index (κ1) is 19.7. The summed E-state index contributed by atoms with van der Waals surface area (Å²) >= 11 is 1.46. The topological polar surface area (TPSA) is 100 Å². The minimum atomic E-state index is -0.00452. The second-order valence-corrected chi connectivity index (χ2v) is 8.20. The maximum atomic E-state index is 12.0. The van der Waals surface area contributed by atoms with Crippen LogP contribution in [0.1, 0.15) is 31.2 Å². The van der Waals surface area contributed by atoms with Crippen LogP contribution >= 0.6 is 11.8 Å². The molecule has 2 N–H and O–H groups in total. The van der Waals surface area contributed by atoms with Gasteiger partial charge in [0.05, 0.1) is 13.2 Å². The molecule has 1 fully saturated rings. The predicted octanol–water partition coefficient (Wildman–Crippen LogP) is 2.85. The van der Waals surface area contributed by atoms with Crippen molar-refractivity contribution in [2.24, 2.45) is 10.9 Å². The smallest absolute Gasteiger partial charge is 0.232 e. The van der Waals surface area contributed by atoms with Crippen LogP contribution in [0, 0.1) is 5.92 Å². The number of nitrogens with one attached hydrogen (secondary N) is 1. The number of aliphatic hydroxyl groups excluding tert-OH is 1. The van der Waals surface area contributed by atoms with Crippen molar-refractivity contribution in [2.45, 2.75) is 42.7 Å². The van der Waals surface area contributed by atoms with Crippen LogP contribution in [-0.4, -0.2) is 44.8 Å². The quantitative estimate of drug-likeness (QED) is 0.691. The van der Waals surface area contributed by atoms with Gasteiger partial charge in [-0.05, 0) is 53.9 Å². The lowest BCUT2D eigenvalue weighted by Gasteiger charge is -2.08. The SMILES string of the molecule is CCc1nc(NC2=NCC(CO)=C2)nc(Sc2ccc(CC(=O)C3CC3)cc2)n1. The number of aromatic nitrogens is 3. The van der Waals surface area contributed by atoms with E-state index in [0.717, 1.165) is 28.9 Å². The molecule has 8 heteroatoms. The molecule has 0 spiro atoms. The molecule has 1 aromatic carbocycles. The third-order valence-corrected chi connectivity index (χ3v) is 5.63. The van der Waals surface area contributed by atoms with Crippen LogP contribution in [0.2, 0.25) is 0 Å². The zero-order chi connectivity index (χ0) is 20.2. The molecular formula is C21H23N5O2S. The van der Waals surface area contributed by atoms with Crippen LogP contribution in [0.25, 0.3) is 0 Å². The van der Waals surface area contributed by atoms with E-state index in [4.69, 9.17) is 0 Å². The Bertz CT molecular complexity index is 968. The molecular weight excluding hydrogens is 386 g/mol. The molecule has 150 valence electrons. The van der Waals surface area contributed by atoms with Crippen molar-refractivity contribution in [1.29, 1.82) is 0 Å². The molecule has 0 unspecified atom stereocenters. The largest absolute Gasteiger partial charge is 0.392 e. The van der Waals surface area contributed by atoms with Gasteiger partial charge in [-0.15, -0.1) is 0 Å². The Morgan fingerprint density at radius 2 is 2.00 bits per heavy atom. The van der Waals surface area contributed by atoms with Crippen molar-refractivity contribution in [3.8, 4) is 0 Å². The molecule has 1 aliphatic heterocycles. The molecule has 0 saturated heterocycles. The molecule has 2 aromatic rings. The first-order valence-corrected chi connectivity index (χ1v) is 10.6. The van der Waals surface area contributed by atoms with Crippen molar-refractivity contribution >= 4 is 29.3 Å². The second-order valence-electron chi connectivity index (χ2n) is 7.16. The molecule has 2 heterocycles. The van der Waals surface area contributed by atoms with E-state index in [1.807, 2.05) is 37.3 Å². The number of aliphatic imine (C=N–C) groups is 1. The van der Waals surface area contributed by atoms with Gasteiger partial charge in [0.15, 0.2) is 5.16 Å². The summed E-state index contributed by atoms with van der Waals surface area (Å²) in [4.78, 5) is 30.7. The number of ketones is 1. The van der Waals surface area contributed by atoms with Crippen LogP contribution < -0.4 is 5.32 Å². The number of hydrogen-bond acceptors (Lipinski definition) is 8. The first-order valence-electron chi connectivity index (χ1n) is 9.79. The molecule has 0 amide bonds. The van der Waals surface area contributed by atoms with E-state index in [2.05, 4.69) is 25.3 Å². The van der Waals surface area contributed by atoms with E-state index in [-0.39, 0.29) is 6.61 Å². The number of aryl methyl sites for hydroxylation is 1. The van der Waals surface area contributed by atoms with Crippen molar-refractivity contribution < 1.29 is 9.90 Å². The molecule has 1 aliphatic carbocycles. The zero-order valence-electron chi connectivity index (χ0n) is 16.3. The Morgan fingerprint density at radius 1 is 1.21 bits per heavy atom. The van der Waals surface area contributed by atoms with Crippen LogP contribution in [0.4, 0.5) is 5.95 Å². The van der Waals surface area contributed by atoms with E-state index < -0.39 is 0 Å². The van der Waals surface area contributed by atoms with Gasteiger partial charge in [0.1, 0.15) is 17.4 Å². The summed E-state index contributed by atoms with van der Waals surface area (Å²) in [5.74, 6) is 2.42. The highest BCUT2D eigenvalue weighted by Crippen LogP contribution is 2.31. The number of hydrogen-bond donors (Lipinski definition) is 2. The number of aliphatic hydroxyl groups is 1. The number of carbonyl (C=O) groups is 1. The second kappa shape index (κ2) is 8.84. The molecule has 0 bridgehead atoms. The van der Waals surface area contributed by atoms with Crippen LogP contribution in [0.15, 0.2) is 51.0 Å². The molecule has 2 aliphatic rings. The Labute approximate surface area is 173 Å². The van der Waals surface area contributed by atoms with Gasteiger partial charge in [-0.3, -0.25) is 9.79 Å². The highest BCUT2D eigenvalue weighted by atomic mass is 32.2. The standard InChI is InChI=1S/C21H23N5O2S/c1-2-18-23-20(24-19-10-14(12-27)11-22-19)26-21(25-18)29-16-7-3-13(4-8-16)9-17(28)15-5-6-15/h3-4,7-8,10,15,27H,2,5-6,9,11-12H2,1H3,(H,22,23,24,25,26). The Balaban J connectivity index is 1.45. The summed E-state index contributed by atoms with van der Waals surface area (Å²) in [5.41, 5.74) is 1.90. The maximum absolute atomic E-state index is 12.0. The highest BCUT2D eigenvalue weighted by molar-refractivity contribution is 7.99. The fourth-order valence-electron chi connectivity index (χ4n) is 2.95. The number of nitrogens with zero attached hydrogens (tertiary/aromatic N) is 4. The van der Waals surface area contributed by atoms with Crippen molar-refractivity contribution in [3.63, 3.8) is 0 Å². The molecule has 0 radical (unpaired) electrons. The average molecular weight is 410 g/mol. The van der Waals surface area contributed by atoms with E-state index in [9.17, 15) is 9.90 Å². The minimum absolute atomic E-state index is 0.00452. The number of benzene rings is 1. The number of amidine groups is 1. The predicted molar refractivity (Wildman–Crippen MR) is 112 cm³/mol. The van der Waals surface area contributed by atoms with Crippen LogP contribution in [0.5, 0.6) is 0 Å².